The van der Waals surface area contributed by atoms with Crippen molar-refractivity contribution in [3.05, 3.63) is 69.2 Å². The summed E-state index contributed by atoms with van der Waals surface area (Å²) in [7, 11) is 1.80. The first-order valence-corrected chi connectivity index (χ1v) is 13.7. The van der Waals surface area contributed by atoms with Gasteiger partial charge in [0, 0.05) is 20.1 Å². The van der Waals surface area contributed by atoms with Crippen LogP contribution in [0.3, 0.4) is 0 Å². The number of carbonyl (C=O) groups excluding carboxylic acids is 1. The molecular formula is C27H32Cl2N4O5S. The van der Waals surface area contributed by atoms with E-state index in [2.05, 4.69) is 15.5 Å². The fourth-order valence-corrected chi connectivity index (χ4v) is 5.00. The third-order valence-electron chi connectivity index (χ3n) is 6.60. The molecular weight excluding hydrogens is 563 g/mol. The first-order valence-electron chi connectivity index (χ1n) is 12.5. The number of hydrogen-bond acceptors (Lipinski definition) is 5. The molecule has 0 saturated carbocycles. The number of rotatable bonds is 12. The highest BCUT2D eigenvalue weighted by Gasteiger charge is 2.26. The van der Waals surface area contributed by atoms with E-state index in [-0.39, 0.29) is 30.0 Å². The Kier molecular flexibility index (Phi) is 11.4. The number of likely N-dealkylation sites (tertiary alicyclic amines) is 1. The van der Waals surface area contributed by atoms with E-state index in [1.54, 1.807) is 30.1 Å². The van der Waals surface area contributed by atoms with Crippen LogP contribution in [0, 0.1) is 0 Å². The molecule has 3 rings (SSSR count). The Bertz CT molecular complexity index is 1210. The van der Waals surface area contributed by atoms with Gasteiger partial charge in [-0.3, -0.25) is 9.59 Å². The number of hydrogen-bond donors (Lipinski definition) is 4. The highest BCUT2D eigenvalue weighted by molar-refractivity contribution is 7.80. The van der Waals surface area contributed by atoms with Crippen LogP contribution in [0.5, 0.6) is 0 Å². The zero-order chi connectivity index (χ0) is 28.5. The Morgan fingerprint density at radius 3 is 2.41 bits per heavy atom. The van der Waals surface area contributed by atoms with Crippen LogP contribution in [0.15, 0.2) is 42.5 Å². The van der Waals surface area contributed by atoms with Crippen molar-refractivity contribution in [2.45, 2.75) is 44.3 Å². The molecule has 2 atom stereocenters. The number of aliphatic carboxylic acids is 2. The lowest BCUT2D eigenvalue weighted by molar-refractivity contribution is -0.145. The summed E-state index contributed by atoms with van der Waals surface area (Å²) in [5.74, 6) is -2.60. The van der Waals surface area contributed by atoms with Crippen molar-refractivity contribution in [3.8, 4) is 0 Å². The maximum absolute atomic E-state index is 13.3. The van der Waals surface area contributed by atoms with Crippen LogP contribution in [-0.4, -0.2) is 75.7 Å². The van der Waals surface area contributed by atoms with Crippen molar-refractivity contribution in [2.75, 3.05) is 26.7 Å². The van der Waals surface area contributed by atoms with Gasteiger partial charge < -0.3 is 30.6 Å². The van der Waals surface area contributed by atoms with E-state index >= 15 is 0 Å². The second-order valence-electron chi connectivity index (χ2n) is 9.51. The number of amides is 1. The summed E-state index contributed by atoms with van der Waals surface area (Å²) in [6.07, 6.45) is 1.84. The maximum Gasteiger partial charge on any atom is 0.326 e. The number of thiocarbonyl (C=S) groups is 1. The number of nitrogens with zero attached hydrogens (tertiary/aromatic N) is 2. The van der Waals surface area contributed by atoms with Crippen LogP contribution in [0.25, 0.3) is 0 Å². The fourth-order valence-electron chi connectivity index (χ4n) is 4.46. The third kappa shape index (κ3) is 9.35. The summed E-state index contributed by atoms with van der Waals surface area (Å²) in [6, 6.07) is 11.4. The first-order chi connectivity index (χ1) is 18.5. The predicted molar refractivity (Wildman–Crippen MR) is 154 cm³/mol. The second kappa shape index (κ2) is 14.5. The van der Waals surface area contributed by atoms with Gasteiger partial charge >= 0.3 is 11.9 Å². The molecule has 4 N–H and O–H groups in total. The van der Waals surface area contributed by atoms with Crippen LogP contribution < -0.4 is 10.6 Å². The van der Waals surface area contributed by atoms with Crippen molar-refractivity contribution in [1.29, 1.82) is 0 Å². The Hall–Kier alpha value is -2.92. The summed E-state index contributed by atoms with van der Waals surface area (Å²) in [5, 5.41) is 24.5. The number of carbonyl (C=O) groups is 3. The molecule has 1 saturated heterocycles. The molecule has 39 heavy (non-hydrogen) atoms. The number of halogens is 2. The quantitative estimate of drug-likeness (QED) is 0.272. The van der Waals surface area contributed by atoms with Crippen molar-refractivity contribution in [3.63, 3.8) is 0 Å². The molecule has 1 heterocycles. The van der Waals surface area contributed by atoms with Crippen LogP contribution in [0.2, 0.25) is 10.0 Å². The lowest BCUT2D eigenvalue weighted by Crippen LogP contribution is -2.46. The van der Waals surface area contributed by atoms with Gasteiger partial charge in [-0.25, -0.2) is 4.79 Å². The molecule has 9 nitrogen and oxygen atoms in total. The van der Waals surface area contributed by atoms with Crippen molar-refractivity contribution >= 4 is 58.4 Å². The van der Waals surface area contributed by atoms with Crippen LogP contribution >= 0.6 is 35.4 Å². The molecule has 0 aliphatic carbocycles. The van der Waals surface area contributed by atoms with Gasteiger partial charge in [-0.1, -0.05) is 53.5 Å². The number of benzene rings is 2. The van der Waals surface area contributed by atoms with E-state index in [0.717, 1.165) is 42.6 Å². The largest absolute Gasteiger partial charge is 0.481 e. The van der Waals surface area contributed by atoms with E-state index < -0.39 is 24.4 Å². The Balaban J connectivity index is 1.72. The lowest BCUT2D eigenvalue weighted by Gasteiger charge is -2.32. The van der Waals surface area contributed by atoms with E-state index in [0.29, 0.717) is 16.6 Å². The zero-order valence-corrected chi connectivity index (χ0v) is 23.9. The summed E-state index contributed by atoms with van der Waals surface area (Å²) in [5.41, 5.74) is 2.61. The van der Waals surface area contributed by atoms with Gasteiger partial charge in [0.1, 0.15) is 6.04 Å². The highest BCUT2D eigenvalue weighted by Crippen LogP contribution is 2.26. The normalized spacial score (nSPS) is 14.8. The summed E-state index contributed by atoms with van der Waals surface area (Å²) in [4.78, 5) is 39.7. The molecule has 2 aromatic carbocycles. The van der Waals surface area contributed by atoms with Gasteiger partial charge in [0.25, 0.3) is 0 Å². The number of nitrogens with one attached hydrogen (secondary N) is 2. The lowest BCUT2D eigenvalue weighted by atomic mass is 10.0. The SMILES string of the molecule is CN(C(=O)Cc1ccc(Cl)c(Cl)c1)C(CN1CCCC1)c1cccc(CNC(=S)NC(CC(=O)O)C(=O)O)c1. The molecule has 0 aromatic heterocycles. The summed E-state index contributed by atoms with van der Waals surface area (Å²) < 4.78 is 0. The van der Waals surface area contributed by atoms with Crippen molar-refractivity contribution < 1.29 is 24.6 Å². The molecule has 0 spiro atoms. The smallest absolute Gasteiger partial charge is 0.326 e. The second-order valence-corrected chi connectivity index (χ2v) is 10.7. The van der Waals surface area contributed by atoms with Crippen LogP contribution in [0.4, 0.5) is 0 Å². The Labute approximate surface area is 243 Å². The van der Waals surface area contributed by atoms with Gasteiger partial charge in [-0.2, -0.15) is 0 Å². The minimum absolute atomic E-state index is 0.0385. The van der Waals surface area contributed by atoms with Crippen LogP contribution in [0.1, 0.15) is 42.0 Å². The summed E-state index contributed by atoms with van der Waals surface area (Å²) >= 11 is 17.4. The number of carboxylic acid groups (broad SMARTS) is 2. The monoisotopic (exact) mass is 594 g/mol. The van der Waals surface area contributed by atoms with E-state index in [4.69, 9.17) is 40.5 Å². The van der Waals surface area contributed by atoms with Gasteiger partial charge in [0.15, 0.2) is 5.11 Å². The van der Waals surface area contributed by atoms with Gasteiger partial charge in [-0.05, 0) is 67.0 Å². The van der Waals surface area contributed by atoms with Crippen molar-refractivity contribution in [1.82, 2.24) is 20.4 Å². The van der Waals surface area contributed by atoms with E-state index in [9.17, 15) is 19.5 Å². The fraction of sp³-hybridized carbons (Fsp3) is 0.407. The molecule has 210 valence electrons. The molecule has 1 aliphatic rings. The average Bonchev–Trinajstić information content (AvgIpc) is 3.40. The molecule has 2 unspecified atom stereocenters. The minimum atomic E-state index is -1.34. The molecule has 0 radical (unpaired) electrons. The molecule has 1 amide bonds. The minimum Gasteiger partial charge on any atom is -0.481 e. The molecule has 12 heteroatoms. The summed E-state index contributed by atoms with van der Waals surface area (Å²) in [6.45, 7) is 2.94. The standard InChI is InChI=1S/C27H32Cl2N4O5S/c1-32(24(34)13-17-7-8-20(28)21(29)12-17)23(16-33-9-2-3-10-33)19-6-4-5-18(11-19)15-30-27(39)31-22(26(37)38)14-25(35)36/h4-8,11-12,22-23H,2-3,9-10,13-16H2,1H3,(H,35,36)(H,37,38)(H2,30,31,39). The Morgan fingerprint density at radius 1 is 1.05 bits per heavy atom. The predicted octanol–water partition coefficient (Wildman–Crippen LogP) is 3.72. The topological polar surface area (TPSA) is 122 Å². The van der Waals surface area contributed by atoms with E-state index in [1.807, 2.05) is 24.3 Å². The zero-order valence-electron chi connectivity index (χ0n) is 21.5. The number of likely N-dealkylation sites (N-methyl/N-ethyl adjacent to an activating group) is 1. The Morgan fingerprint density at radius 2 is 1.77 bits per heavy atom. The molecule has 2 aromatic rings. The van der Waals surface area contributed by atoms with Gasteiger partial charge in [-0.15, -0.1) is 0 Å². The van der Waals surface area contributed by atoms with Crippen LogP contribution in [-0.2, 0) is 27.3 Å². The third-order valence-corrected chi connectivity index (χ3v) is 7.60. The molecule has 1 aliphatic heterocycles. The average molecular weight is 596 g/mol. The molecule has 1 fully saturated rings. The number of carboxylic acids is 2. The highest BCUT2D eigenvalue weighted by atomic mass is 35.5. The van der Waals surface area contributed by atoms with E-state index in [1.165, 1.54) is 0 Å². The first kappa shape index (κ1) is 30.6. The van der Waals surface area contributed by atoms with Gasteiger partial charge in [0.05, 0.1) is 28.9 Å². The van der Waals surface area contributed by atoms with Crippen molar-refractivity contribution in [2.24, 2.45) is 0 Å². The molecule has 0 bridgehead atoms. The van der Waals surface area contributed by atoms with Gasteiger partial charge in [0.2, 0.25) is 5.91 Å². The maximum atomic E-state index is 13.3.